The quantitative estimate of drug-likeness (QED) is 0.641. The number of hydrogen-bond donors (Lipinski definition) is 0. The van der Waals surface area contributed by atoms with Crippen molar-refractivity contribution in [3.8, 4) is 11.5 Å². The number of alkyl halides is 3. The summed E-state index contributed by atoms with van der Waals surface area (Å²) >= 11 is 3.34. The molecule has 0 spiro atoms. The Labute approximate surface area is 129 Å². The van der Waals surface area contributed by atoms with Crippen LogP contribution in [0.4, 0.5) is 13.2 Å². The maximum absolute atomic E-state index is 13.1. The summed E-state index contributed by atoms with van der Waals surface area (Å²) in [6.07, 6.45) is -3.60. The molecule has 0 N–H and O–H groups in total. The highest BCUT2D eigenvalue weighted by atomic mass is 79.9. The van der Waals surface area contributed by atoms with E-state index < -0.39 is 11.7 Å². The van der Waals surface area contributed by atoms with Crippen LogP contribution < -0.4 is 4.74 Å². The van der Waals surface area contributed by atoms with Crippen molar-refractivity contribution in [2.24, 2.45) is 0 Å². The largest absolute Gasteiger partial charge is 0.455 e. The van der Waals surface area contributed by atoms with Gasteiger partial charge in [-0.15, -0.1) is 0 Å². The Bertz CT molecular complexity index is 650. The minimum absolute atomic E-state index is 0.157. The van der Waals surface area contributed by atoms with Crippen LogP contribution in [0, 0.1) is 6.92 Å². The lowest BCUT2D eigenvalue weighted by Gasteiger charge is -2.17. The first-order valence-corrected chi connectivity index (χ1v) is 7.25. The van der Waals surface area contributed by atoms with Gasteiger partial charge in [-0.3, -0.25) is 0 Å². The SMILES string of the molecule is CCc1ccc(Oc2c(C)cccc2C(F)(F)F)c(Br)c1. The molecule has 0 bridgehead atoms. The van der Waals surface area contributed by atoms with Gasteiger partial charge in [-0.25, -0.2) is 0 Å². The van der Waals surface area contributed by atoms with E-state index in [1.807, 2.05) is 19.1 Å². The lowest BCUT2D eigenvalue weighted by molar-refractivity contribution is -0.138. The van der Waals surface area contributed by atoms with Gasteiger partial charge in [0, 0.05) is 0 Å². The number of hydrogen-bond acceptors (Lipinski definition) is 1. The third kappa shape index (κ3) is 3.59. The molecule has 0 aliphatic rings. The van der Waals surface area contributed by atoms with Crippen LogP contribution in [0.3, 0.4) is 0 Å². The van der Waals surface area contributed by atoms with Crippen LogP contribution in [0.1, 0.15) is 23.6 Å². The van der Waals surface area contributed by atoms with E-state index in [2.05, 4.69) is 15.9 Å². The van der Waals surface area contributed by atoms with Crippen molar-refractivity contribution in [2.75, 3.05) is 0 Å². The molecule has 2 aromatic carbocycles. The molecule has 2 rings (SSSR count). The van der Waals surface area contributed by atoms with E-state index in [0.29, 0.717) is 15.8 Å². The van der Waals surface area contributed by atoms with Gasteiger partial charge in [0.1, 0.15) is 11.5 Å². The first kappa shape index (κ1) is 15.9. The fraction of sp³-hybridized carbons (Fsp3) is 0.250. The van der Waals surface area contributed by atoms with Gasteiger partial charge in [-0.2, -0.15) is 13.2 Å². The molecule has 0 atom stereocenters. The molecular formula is C16H14BrF3O. The number of rotatable bonds is 3. The zero-order valence-electron chi connectivity index (χ0n) is 11.6. The van der Waals surface area contributed by atoms with Gasteiger partial charge < -0.3 is 4.74 Å². The normalized spacial score (nSPS) is 11.5. The predicted octanol–water partition coefficient (Wildman–Crippen LogP) is 6.13. The van der Waals surface area contributed by atoms with E-state index in [1.165, 1.54) is 6.07 Å². The van der Waals surface area contributed by atoms with Crippen LogP contribution in [-0.2, 0) is 12.6 Å². The van der Waals surface area contributed by atoms with Crippen LogP contribution >= 0.6 is 15.9 Å². The zero-order valence-corrected chi connectivity index (χ0v) is 13.2. The van der Waals surface area contributed by atoms with Crippen molar-refractivity contribution in [1.82, 2.24) is 0 Å². The summed E-state index contributed by atoms with van der Waals surface area (Å²) < 4.78 is 45.3. The van der Waals surface area contributed by atoms with E-state index in [1.54, 1.807) is 19.1 Å². The van der Waals surface area contributed by atoms with Gasteiger partial charge in [0.05, 0.1) is 10.0 Å². The topological polar surface area (TPSA) is 9.23 Å². The van der Waals surface area contributed by atoms with Crippen molar-refractivity contribution < 1.29 is 17.9 Å². The molecule has 2 aromatic rings. The smallest absolute Gasteiger partial charge is 0.419 e. The monoisotopic (exact) mass is 358 g/mol. The minimum atomic E-state index is -4.45. The third-order valence-electron chi connectivity index (χ3n) is 3.13. The Morgan fingerprint density at radius 1 is 1.14 bits per heavy atom. The molecule has 0 saturated heterocycles. The molecule has 0 aliphatic carbocycles. The van der Waals surface area contributed by atoms with Gasteiger partial charge >= 0.3 is 6.18 Å². The average molecular weight is 359 g/mol. The number of aryl methyl sites for hydroxylation is 2. The maximum atomic E-state index is 13.1. The summed E-state index contributed by atoms with van der Waals surface area (Å²) in [6.45, 7) is 3.60. The van der Waals surface area contributed by atoms with E-state index in [-0.39, 0.29) is 5.75 Å². The predicted molar refractivity (Wildman–Crippen MR) is 79.8 cm³/mol. The van der Waals surface area contributed by atoms with Gasteiger partial charge in [0.2, 0.25) is 0 Å². The molecule has 0 aromatic heterocycles. The van der Waals surface area contributed by atoms with Crippen molar-refractivity contribution >= 4 is 15.9 Å². The molecule has 21 heavy (non-hydrogen) atoms. The summed E-state index contributed by atoms with van der Waals surface area (Å²) in [7, 11) is 0. The van der Waals surface area contributed by atoms with E-state index in [0.717, 1.165) is 18.1 Å². The van der Waals surface area contributed by atoms with Crippen LogP contribution in [-0.4, -0.2) is 0 Å². The summed E-state index contributed by atoms with van der Waals surface area (Å²) in [6, 6.07) is 9.36. The second kappa shape index (κ2) is 6.10. The summed E-state index contributed by atoms with van der Waals surface area (Å²) in [5.74, 6) is 0.210. The van der Waals surface area contributed by atoms with E-state index in [4.69, 9.17) is 4.74 Å². The number of para-hydroxylation sites is 1. The second-order valence-corrected chi connectivity index (χ2v) is 5.52. The number of halogens is 4. The second-order valence-electron chi connectivity index (χ2n) is 4.67. The molecular weight excluding hydrogens is 345 g/mol. The first-order chi connectivity index (χ1) is 9.82. The van der Waals surface area contributed by atoms with Crippen molar-refractivity contribution in [1.29, 1.82) is 0 Å². The molecule has 112 valence electrons. The van der Waals surface area contributed by atoms with E-state index >= 15 is 0 Å². The fourth-order valence-electron chi connectivity index (χ4n) is 1.97. The number of benzene rings is 2. The zero-order chi connectivity index (χ0) is 15.6. The van der Waals surface area contributed by atoms with Gasteiger partial charge in [-0.05, 0) is 58.6 Å². The Morgan fingerprint density at radius 3 is 2.43 bits per heavy atom. The van der Waals surface area contributed by atoms with Gasteiger partial charge in [0.25, 0.3) is 0 Å². The summed E-state index contributed by atoms with van der Waals surface area (Å²) in [4.78, 5) is 0. The highest BCUT2D eigenvalue weighted by Crippen LogP contribution is 2.41. The number of ether oxygens (including phenoxy) is 1. The molecule has 0 fully saturated rings. The molecule has 0 unspecified atom stereocenters. The van der Waals surface area contributed by atoms with Crippen LogP contribution in [0.25, 0.3) is 0 Å². The lowest BCUT2D eigenvalue weighted by Crippen LogP contribution is -2.08. The van der Waals surface area contributed by atoms with Crippen molar-refractivity contribution in [3.63, 3.8) is 0 Å². The molecule has 0 radical (unpaired) electrons. The third-order valence-corrected chi connectivity index (χ3v) is 3.75. The summed E-state index contributed by atoms with van der Waals surface area (Å²) in [5, 5.41) is 0. The van der Waals surface area contributed by atoms with Crippen molar-refractivity contribution in [2.45, 2.75) is 26.4 Å². The maximum Gasteiger partial charge on any atom is 0.419 e. The van der Waals surface area contributed by atoms with E-state index in [9.17, 15) is 13.2 Å². The lowest BCUT2D eigenvalue weighted by atomic mass is 10.1. The van der Waals surface area contributed by atoms with Crippen LogP contribution in [0.2, 0.25) is 0 Å². The average Bonchev–Trinajstić information content (AvgIpc) is 2.41. The minimum Gasteiger partial charge on any atom is -0.455 e. The fourth-order valence-corrected chi connectivity index (χ4v) is 2.48. The van der Waals surface area contributed by atoms with Gasteiger partial charge in [0.15, 0.2) is 0 Å². The molecule has 0 amide bonds. The Hall–Kier alpha value is -1.49. The Morgan fingerprint density at radius 2 is 1.86 bits per heavy atom. The van der Waals surface area contributed by atoms with Gasteiger partial charge in [-0.1, -0.05) is 25.1 Å². The standard InChI is InChI=1S/C16H14BrF3O/c1-3-11-7-8-14(13(17)9-11)21-15-10(2)5-4-6-12(15)16(18,19)20/h4-9H,3H2,1-2H3. The Kier molecular flexibility index (Phi) is 4.61. The molecule has 1 nitrogen and oxygen atoms in total. The Balaban J connectivity index is 2.45. The highest BCUT2D eigenvalue weighted by Gasteiger charge is 2.35. The van der Waals surface area contributed by atoms with Crippen molar-refractivity contribution in [3.05, 3.63) is 57.6 Å². The molecule has 0 saturated carbocycles. The molecule has 0 aliphatic heterocycles. The first-order valence-electron chi connectivity index (χ1n) is 6.46. The highest BCUT2D eigenvalue weighted by molar-refractivity contribution is 9.10. The summed E-state index contributed by atoms with van der Waals surface area (Å²) in [5.41, 5.74) is 0.750. The van der Waals surface area contributed by atoms with Crippen LogP contribution in [0.5, 0.6) is 11.5 Å². The molecule has 5 heteroatoms. The van der Waals surface area contributed by atoms with Crippen LogP contribution in [0.15, 0.2) is 40.9 Å². The molecule has 0 heterocycles.